The normalized spacial score (nSPS) is 17.0. The molecule has 1 amide bonds. The van der Waals surface area contributed by atoms with Gasteiger partial charge in [-0.25, -0.2) is 0 Å². The quantitative estimate of drug-likeness (QED) is 0.920. The maximum absolute atomic E-state index is 11.7. The molecule has 0 atom stereocenters. The van der Waals surface area contributed by atoms with Gasteiger partial charge in [0.25, 0.3) is 0 Å². The van der Waals surface area contributed by atoms with Gasteiger partial charge in [-0.1, -0.05) is 0 Å². The number of carbonyl (C=O) groups excluding carboxylic acids is 1. The highest BCUT2D eigenvalue weighted by Gasteiger charge is 2.15. The lowest BCUT2D eigenvalue weighted by atomic mass is 9.95. The van der Waals surface area contributed by atoms with Crippen LogP contribution in [0, 0.1) is 5.92 Å². The summed E-state index contributed by atoms with van der Waals surface area (Å²) >= 11 is 4.99. The molecule has 1 aliphatic heterocycles. The molecule has 2 rings (SSSR count). The molecule has 1 N–H and O–H groups in total. The standard InChI is InChI=1S/C12H16BrNO2S/c13-12-10(5-8-17-12)14-11(15)2-1-9-3-6-16-7-4-9/h5,8-9H,1-4,6-7H2,(H,14,15). The highest BCUT2D eigenvalue weighted by atomic mass is 79.9. The molecule has 1 aromatic heterocycles. The summed E-state index contributed by atoms with van der Waals surface area (Å²) in [5.41, 5.74) is 0.881. The fourth-order valence-electron chi connectivity index (χ4n) is 1.96. The minimum Gasteiger partial charge on any atom is -0.381 e. The van der Waals surface area contributed by atoms with E-state index in [-0.39, 0.29) is 5.91 Å². The third kappa shape index (κ3) is 4.08. The van der Waals surface area contributed by atoms with E-state index in [1.165, 1.54) is 0 Å². The summed E-state index contributed by atoms with van der Waals surface area (Å²) in [4.78, 5) is 11.7. The highest BCUT2D eigenvalue weighted by Crippen LogP contribution is 2.28. The van der Waals surface area contributed by atoms with Gasteiger partial charge in [0.05, 0.1) is 9.47 Å². The number of hydrogen-bond donors (Lipinski definition) is 1. The first kappa shape index (κ1) is 13.1. The Morgan fingerprint density at radius 3 is 2.94 bits per heavy atom. The minimum absolute atomic E-state index is 0.107. The summed E-state index contributed by atoms with van der Waals surface area (Å²) in [6.07, 6.45) is 3.76. The van der Waals surface area contributed by atoms with Gasteiger partial charge in [-0.2, -0.15) is 0 Å². The highest BCUT2D eigenvalue weighted by molar-refractivity contribution is 9.11. The first-order valence-electron chi connectivity index (χ1n) is 5.86. The summed E-state index contributed by atoms with van der Waals surface area (Å²) in [5, 5.41) is 4.88. The van der Waals surface area contributed by atoms with Crippen molar-refractivity contribution in [1.82, 2.24) is 0 Å². The molecule has 94 valence electrons. The van der Waals surface area contributed by atoms with Crippen LogP contribution in [0.15, 0.2) is 15.2 Å². The molecule has 1 fully saturated rings. The summed E-state index contributed by atoms with van der Waals surface area (Å²) in [7, 11) is 0. The number of amides is 1. The molecular formula is C12H16BrNO2S. The van der Waals surface area contributed by atoms with Crippen molar-refractivity contribution in [2.75, 3.05) is 18.5 Å². The van der Waals surface area contributed by atoms with E-state index in [2.05, 4.69) is 21.2 Å². The fourth-order valence-corrected chi connectivity index (χ4v) is 3.09. The smallest absolute Gasteiger partial charge is 0.224 e. The molecule has 0 aliphatic carbocycles. The molecule has 1 aromatic rings. The maximum atomic E-state index is 11.7. The van der Waals surface area contributed by atoms with E-state index in [9.17, 15) is 4.79 Å². The van der Waals surface area contributed by atoms with Gasteiger partial charge >= 0.3 is 0 Å². The Morgan fingerprint density at radius 1 is 1.53 bits per heavy atom. The number of carbonyl (C=O) groups is 1. The number of nitrogens with one attached hydrogen (secondary N) is 1. The van der Waals surface area contributed by atoms with Crippen LogP contribution in [0.2, 0.25) is 0 Å². The van der Waals surface area contributed by atoms with Gasteiger partial charge in [0, 0.05) is 19.6 Å². The van der Waals surface area contributed by atoms with E-state index in [0.29, 0.717) is 12.3 Å². The summed E-state index contributed by atoms with van der Waals surface area (Å²) in [5.74, 6) is 0.760. The minimum atomic E-state index is 0.107. The first-order valence-corrected chi connectivity index (χ1v) is 7.53. The van der Waals surface area contributed by atoms with Gasteiger partial charge in [-0.05, 0) is 52.6 Å². The van der Waals surface area contributed by atoms with Gasteiger partial charge < -0.3 is 10.1 Å². The molecule has 0 aromatic carbocycles. The fraction of sp³-hybridized carbons (Fsp3) is 0.583. The average Bonchev–Trinajstić information content (AvgIpc) is 2.74. The molecular weight excluding hydrogens is 302 g/mol. The van der Waals surface area contributed by atoms with E-state index in [1.54, 1.807) is 11.3 Å². The summed E-state index contributed by atoms with van der Waals surface area (Å²) < 4.78 is 6.29. The van der Waals surface area contributed by atoms with Gasteiger partial charge in [0.15, 0.2) is 0 Å². The molecule has 0 radical (unpaired) electrons. The largest absolute Gasteiger partial charge is 0.381 e. The van der Waals surface area contributed by atoms with Gasteiger partial charge in [0.1, 0.15) is 0 Å². The van der Waals surface area contributed by atoms with Crippen LogP contribution in [0.4, 0.5) is 5.69 Å². The maximum Gasteiger partial charge on any atom is 0.224 e. The van der Waals surface area contributed by atoms with E-state index in [4.69, 9.17) is 4.74 Å². The molecule has 1 saturated heterocycles. The van der Waals surface area contributed by atoms with Crippen LogP contribution in [0.3, 0.4) is 0 Å². The van der Waals surface area contributed by atoms with Crippen LogP contribution in [0.1, 0.15) is 25.7 Å². The lowest BCUT2D eigenvalue weighted by Gasteiger charge is -2.21. The van der Waals surface area contributed by atoms with Crippen LogP contribution in [-0.2, 0) is 9.53 Å². The Labute approximate surface area is 114 Å². The predicted octanol–water partition coefficient (Wildman–Crippen LogP) is 3.66. The van der Waals surface area contributed by atoms with E-state index >= 15 is 0 Å². The molecule has 1 aliphatic rings. The van der Waals surface area contributed by atoms with Gasteiger partial charge in [0.2, 0.25) is 5.91 Å². The number of anilines is 1. The molecule has 3 nitrogen and oxygen atoms in total. The second kappa shape index (κ2) is 6.52. The molecule has 5 heteroatoms. The molecule has 0 spiro atoms. The predicted molar refractivity (Wildman–Crippen MR) is 73.4 cm³/mol. The average molecular weight is 318 g/mol. The van der Waals surface area contributed by atoms with Crippen LogP contribution in [-0.4, -0.2) is 19.1 Å². The van der Waals surface area contributed by atoms with Crippen molar-refractivity contribution in [3.63, 3.8) is 0 Å². The van der Waals surface area contributed by atoms with E-state index in [0.717, 1.165) is 42.0 Å². The lowest BCUT2D eigenvalue weighted by molar-refractivity contribution is -0.116. The third-order valence-corrected chi connectivity index (χ3v) is 4.70. The van der Waals surface area contributed by atoms with Crippen LogP contribution >= 0.6 is 27.3 Å². The van der Waals surface area contributed by atoms with Crippen molar-refractivity contribution in [2.45, 2.75) is 25.7 Å². The van der Waals surface area contributed by atoms with Crippen molar-refractivity contribution in [3.05, 3.63) is 15.2 Å². The second-order valence-corrected chi connectivity index (χ2v) is 6.48. The summed E-state index contributed by atoms with van der Waals surface area (Å²) in [6, 6.07) is 1.92. The van der Waals surface area contributed by atoms with Crippen LogP contribution < -0.4 is 5.32 Å². The zero-order chi connectivity index (χ0) is 12.1. The van der Waals surface area contributed by atoms with Crippen molar-refractivity contribution in [3.8, 4) is 0 Å². The van der Waals surface area contributed by atoms with Crippen molar-refractivity contribution in [2.24, 2.45) is 5.92 Å². The van der Waals surface area contributed by atoms with Gasteiger partial charge in [-0.3, -0.25) is 4.79 Å². The Hall–Kier alpha value is -0.390. The SMILES string of the molecule is O=C(CCC1CCOCC1)Nc1ccsc1Br. The first-order chi connectivity index (χ1) is 8.25. The Kier molecular flexibility index (Phi) is 5.00. The molecule has 2 heterocycles. The Balaban J connectivity index is 1.72. The second-order valence-electron chi connectivity index (χ2n) is 4.25. The zero-order valence-electron chi connectivity index (χ0n) is 9.58. The summed E-state index contributed by atoms with van der Waals surface area (Å²) in [6.45, 7) is 1.70. The van der Waals surface area contributed by atoms with Crippen LogP contribution in [0.5, 0.6) is 0 Å². The van der Waals surface area contributed by atoms with Crippen LogP contribution in [0.25, 0.3) is 0 Å². The molecule has 0 saturated carbocycles. The lowest BCUT2D eigenvalue weighted by Crippen LogP contribution is -2.18. The van der Waals surface area contributed by atoms with E-state index in [1.807, 2.05) is 11.4 Å². The number of halogens is 1. The Morgan fingerprint density at radius 2 is 2.29 bits per heavy atom. The number of ether oxygens (including phenoxy) is 1. The van der Waals surface area contributed by atoms with Crippen molar-refractivity contribution < 1.29 is 9.53 Å². The van der Waals surface area contributed by atoms with E-state index < -0.39 is 0 Å². The third-order valence-electron chi connectivity index (χ3n) is 3.01. The number of hydrogen-bond acceptors (Lipinski definition) is 3. The van der Waals surface area contributed by atoms with Crippen molar-refractivity contribution in [1.29, 1.82) is 0 Å². The Bertz CT molecular complexity index is 374. The van der Waals surface area contributed by atoms with Crippen molar-refractivity contribution >= 4 is 38.9 Å². The molecule has 0 bridgehead atoms. The molecule has 0 unspecified atom stereocenters. The monoisotopic (exact) mass is 317 g/mol. The topological polar surface area (TPSA) is 38.3 Å². The number of rotatable bonds is 4. The molecule has 17 heavy (non-hydrogen) atoms. The number of thiophene rings is 1. The zero-order valence-corrected chi connectivity index (χ0v) is 12.0. The van der Waals surface area contributed by atoms with Gasteiger partial charge in [-0.15, -0.1) is 11.3 Å².